The molecule has 0 radical (unpaired) electrons. The Morgan fingerprint density at radius 1 is 1.14 bits per heavy atom. The van der Waals surface area contributed by atoms with Gasteiger partial charge in [0.05, 0.1) is 0 Å². The Labute approximate surface area is 124 Å². The fourth-order valence-corrected chi connectivity index (χ4v) is 4.07. The van der Waals surface area contributed by atoms with Crippen LogP contribution < -0.4 is 5.32 Å². The summed E-state index contributed by atoms with van der Waals surface area (Å²) in [4.78, 5) is 15.2. The van der Waals surface area contributed by atoms with Gasteiger partial charge in [0.2, 0.25) is 0 Å². The third-order valence-corrected chi connectivity index (χ3v) is 5.03. The van der Waals surface area contributed by atoms with E-state index in [9.17, 15) is 4.79 Å². The number of benzene rings is 2. The molecule has 0 bridgehead atoms. The van der Waals surface area contributed by atoms with Crippen molar-refractivity contribution in [3.05, 3.63) is 48.0 Å². The van der Waals surface area contributed by atoms with Gasteiger partial charge < -0.3 is 10.2 Å². The number of fused-ring (bicyclic) bond motifs is 2. The molecule has 0 aromatic heterocycles. The summed E-state index contributed by atoms with van der Waals surface area (Å²) in [5.41, 5.74) is 0.840. The van der Waals surface area contributed by atoms with Crippen molar-refractivity contribution < 1.29 is 4.79 Å². The monoisotopic (exact) mass is 280 g/mol. The second kappa shape index (κ2) is 4.85. The van der Waals surface area contributed by atoms with Gasteiger partial charge in [-0.25, -0.2) is 0 Å². The maximum atomic E-state index is 13.1. The van der Waals surface area contributed by atoms with Crippen LogP contribution in [0.25, 0.3) is 10.8 Å². The highest BCUT2D eigenvalue weighted by atomic mass is 16.2. The highest BCUT2D eigenvalue weighted by Gasteiger charge is 2.44. The average Bonchev–Trinajstić information content (AvgIpc) is 3.06. The molecule has 1 N–H and O–H groups in total. The van der Waals surface area contributed by atoms with Crippen LogP contribution in [0.4, 0.5) is 0 Å². The summed E-state index contributed by atoms with van der Waals surface area (Å²) in [5.74, 6) is 0.814. The number of rotatable bonds is 1. The fourth-order valence-electron chi connectivity index (χ4n) is 4.07. The van der Waals surface area contributed by atoms with Crippen molar-refractivity contribution in [3.8, 4) is 0 Å². The van der Waals surface area contributed by atoms with Crippen LogP contribution in [0.3, 0.4) is 0 Å². The lowest BCUT2D eigenvalue weighted by Crippen LogP contribution is -2.42. The first-order chi connectivity index (χ1) is 10.3. The van der Waals surface area contributed by atoms with Crippen molar-refractivity contribution in [1.29, 1.82) is 0 Å². The Hall–Kier alpha value is -1.87. The van der Waals surface area contributed by atoms with Crippen LogP contribution in [0.15, 0.2) is 42.5 Å². The molecule has 4 rings (SSSR count). The standard InChI is InChI=1S/C18H20N2O/c1-12-9-14-10-19-11-17(14)20(12)18(21)16-8-4-6-13-5-2-3-7-15(13)16/h2-8,12,14,17,19H,9-11H2,1H3. The summed E-state index contributed by atoms with van der Waals surface area (Å²) in [6, 6.07) is 14.9. The molecule has 2 aromatic carbocycles. The molecule has 2 aromatic rings. The van der Waals surface area contributed by atoms with Crippen LogP contribution in [0.1, 0.15) is 23.7 Å². The quantitative estimate of drug-likeness (QED) is 0.871. The van der Waals surface area contributed by atoms with Crippen molar-refractivity contribution in [2.45, 2.75) is 25.4 Å². The van der Waals surface area contributed by atoms with Crippen LogP contribution in [-0.4, -0.2) is 36.0 Å². The molecule has 21 heavy (non-hydrogen) atoms. The van der Waals surface area contributed by atoms with Crippen LogP contribution in [-0.2, 0) is 0 Å². The Bertz CT molecular complexity index is 691. The fraction of sp³-hybridized carbons (Fsp3) is 0.389. The van der Waals surface area contributed by atoms with Crippen molar-refractivity contribution in [3.63, 3.8) is 0 Å². The van der Waals surface area contributed by atoms with Crippen LogP contribution >= 0.6 is 0 Å². The van der Waals surface area contributed by atoms with Crippen LogP contribution in [0, 0.1) is 5.92 Å². The first-order valence-corrected chi connectivity index (χ1v) is 7.77. The number of hydrogen-bond acceptors (Lipinski definition) is 2. The zero-order valence-electron chi connectivity index (χ0n) is 12.3. The normalized spacial score (nSPS) is 28.0. The minimum Gasteiger partial charge on any atom is -0.331 e. The van der Waals surface area contributed by atoms with Gasteiger partial charge in [0.25, 0.3) is 5.91 Å². The van der Waals surface area contributed by atoms with Gasteiger partial charge in [0.1, 0.15) is 0 Å². The van der Waals surface area contributed by atoms with E-state index in [-0.39, 0.29) is 5.91 Å². The van der Waals surface area contributed by atoms with Crippen molar-refractivity contribution in [2.75, 3.05) is 13.1 Å². The molecule has 108 valence electrons. The molecule has 2 fully saturated rings. The van der Waals surface area contributed by atoms with E-state index in [2.05, 4.69) is 29.3 Å². The summed E-state index contributed by atoms with van der Waals surface area (Å²) in [5, 5.41) is 5.62. The van der Waals surface area contributed by atoms with E-state index in [0.29, 0.717) is 18.0 Å². The van der Waals surface area contributed by atoms with Gasteiger partial charge in [-0.15, -0.1) is 0 Å². The third kappa shape index (κ3) is 1.95. The molecule has 3 unspecified atom stereocenters. The Morgan fingerprint density at radius 3 is 2.86 bits per heavy atom. The summed E-state index contributed by atoms with van der Waals surface area (Å²) in [6.45, 7) is 4.17. The van der Waals surface area contributed by atoms with Crippen molar-refractivity contribution in [1.82, 2.24) is 10.2 Å². The zero-order valence-corrected chi connectivity index (χ0v) is 12.3. The molecule has 2 aliphatic rings. The number of amides is 1. The van der Waals surface area contributed by atoms with E-state index in [1.165, 1.54) is 0 Å². The van der Waals surface area contributed by atoms with Gasteiger partial charge in [0, 0.05) is 30.7 Å². The number of likely N-dealkylation sites (tertiary alicyclic amines) is 1. The minimum absolute atomic E-state index is 0.190. The SMILES string of the molecule is CC1CC2CNCC2N1C(=O)c1cccc2ccccc12. The number of carbonyl (C=O) groups is 1. The average molecular weight is 280 g/mol. The molecule has 3 nitrogen and oxygen atoms in total. The summed E-state index contributed by atoms with van der Waals surface area (Å²) < 4.78 is 0. The predicted molar refractivity (Wildman–Crippen MR) is 84.3 cm³/mol. The smallest absolute Gasteiger partial charge is 0.255 e. The Balaban J connectivity index is 1.76. The lowest BCUT2D eigenvalue weighted by atomic mass is 10.0. The Morgan fingerprint density at radius 2 is 1.95 bits per heavy atom. The maximum absolute atomic E-state index is 13.1. The van der Waals surface area contributed by atoms with Gasteiger partial charge in [-0.3, -0.25) is 4.79 Å². The molecule has 2 aliphatic heterocycles. The van der Waals surface area contributed by atoms with Gasteiger partial charge >= 0.3 is 0 Å². The van der Waals surface area contributed by atoms with E-state index in [0.717, 1.165) is 35.8 Å². The maximum Gasteiger partial charge on any atom is 0.255 e. The van der Waals surface area contributed by atoms with Crippen LogP contribution in [0.2, 0.25) is 0 Å². The minimum atomic E-state index is 0.190. The van der Waals surface area contributed by atoms with E-state index < -0.39 is 0 Å². The molecule has 2 heterocycles. The van der Waals surface area contributed by atoms with Crippen molar-refractivity contribution in [2.24, 2.45) is 5.92 Å². The van der Waals surface area contributed by atoms with Gasteiger partial charge in [0.15, 0.2) is 0 Å². The summed E-state index contributed by atoms with van der Waals surface area (Å²) in [7, 11) is 0. The topological polar surface area (TPSA) is 32.3 Å². The number of carbonyl (C=O) groups excluding carboxylic acids is 1. The third-order valence-electron chi connectivity index (χ3n) is 5.03. The van der Waals surface area contributed by atoms with E-state index in [1.54, 1.807) is 0 Å². The second-order valence-electron chi connectivity index (χ2n) is 6.31. The molecule has 2 saturated heterocycles. The van der Waals surface area contributed by atoms with Gasteiger partial charge in [-0.2, -0.15) is 0 Å². The Kier molecular flexibility index (Phi) is 2.96. The van der Waals surface area contributed by atoms with Gasteiger partial charge in [-0.05, 0) is 36.1 Å². The summed E-state index contributed by atoms with van der Waals surface area (Å²) in [6.07, 6.45) is 1.12. The largest absolute Gasteiger partial charge is 0.331 e. The second-order valence-corrected chi connectivity index (χ2v) is 6.31. The van der Waals surface area contributed by atoms with E-state index >= 15 is 0 Å². The molecule has 1 amide bonds. The number of hydrogen-bond donors (Lipinski definition) is 1. The molecular weight excluding hydrogens is 260 g/mol. The highest BCUT2D eigenvalue weighted by molar-refractivity contribution is 6.07. The predicted octanol–water partition coefficient (Wildman–Crippen LogP) is 2.66. The van der Waals surface area contributed by atoms with Crippen LogP contribution in [0.5, 0.6) is 0 Å². The molecule has 0 aliphatic carbocycles. The van der Waals surface area contributed by atoms with E-state index in [1.807, 2.05) is 30.3 Å². The molecule has 0 spiro atoms. The first kappa shape index (κ1) is 12.8. The molecule has 3 heteroatoms. The lowest BCUT2D eigenvalue weighted by Gasteiger charge is -2.28. The van der Waals surface area contributed by atoms with Gasteiger partial charge in [-0.1, -0.05) is 36.4 Å². The lowest BCUT2D eigenvalue weighted by molar-refractivity contribution is 0.0684. The molecule has 3 atom stereocenters. The first-order valence-electron chi connectivity index (χ1n) is 7.77. The number of nitrogens with zero attached hydrogens (tertiary/aromatic N) is 1. The zero-order chi connectivity index (χ0) is 14.4. The highest BCUT2D eigenvalue weighted by Crippen LogP contribution is 2.34. The number of nitrogens with one attached hydrogen (secondary N) is 1. The molecule has 0 saturated carbocycles. The van der Waals surface area contributed by atoms with E-state index in [4.69, 9.17) is 0 Å². The molecular formula is C18H20N2O. The van der Waals surface area contributed by atoms with Crippen molar-refractivity contribution >= 4 is 16.7 Å². The summed E-state index contributed by atoms with van der Waals surface area (Å²) >= 11 is 0.